The minimum Gasteiger partial charge on any atom is -0.481 e. The predicted molar refractivity (Wildman–Crippen MR) is 55.2 cm³/mol. The molecule has 3 nitrogen and oxygen atoms in total. The van der Waals surface area contributed by atoms with Gasteiger partial charge in [-0.25, -0.2) is 0 Å². The Morgan fingerprint density at radius 2 is 2.31 bits per heavy atom. The lowest BCUT2D eigenvalue weighted by Gasteiger charge is -2.42. The average molecular weight is 203 g/mol. The van der Waals surface area contributed by atoms with Gasteiger partial charge < -0.3 is 10.4 Å². The number of aliphatic carboxylic acids is 1. The zero-order valence-electron chi connectivity index (χ0n) is 8.17. The van der Waals surface area contributed by atoms with Crippen molar-refractivity contribution in [2.75, 3.05) is 13.1 Å². The van der Waals surface area contributed by atoms with Crippen LogP contribution in [-0.4, -0.2) is 34.2 Å². The molecule has 0 amide bonds. The van der Waals surface area contributed by atoms with Crippen molar-refractivity contribution in [1.82, 2.24) is 5.32 Å². The van der Waals surface area contributed by atoms with Gasteiger partial charge in [0.1, 0.15) is 0 Å². The Morgan fingerprint density at radius 1 is 1.69 bits per heavy atom. The molecule has 1 atom stereocenters. The third-order valence-corrected chi connectivity index (χ3v) is 4.06. The van der Waals surface area contributed by atoms with Crippen molar-refractivity contribution in [3.8, 4) is 0 Å². The summed E-state index contributed by atoms with van der Waals surface area (Å²) in [6.45, 7) is 5.98. The molecule has 2 N–H and O–H groups in total. The van der Waals surface area contributed by atoms with Gasteiger partial charge in [-0.05, 0) is 6.42 Å². The molecule has 1 rings (SSSR count). The van der Waals surface area contributed by atoms with E-state index in [1.54, 1.807) is 0 Å². The van der Waals surface area contributed by atoms with Crippen LogP contribution in [0.1, 0.15) is 26.7 Å². The summed E-state index contributed by atoms with van der Waals surface area (Å²) in [6.07, 6.45) is 1.39. The van der Waals surface area contributed by atoms with Gasteiger partial charge in [-0.3, -0.25) is 4.79 Å². The van der Waals surface area contributed by atoms with Crippen molar-refractivity contribution in [1.29, 1.82) is 0 Å². The van der Waals surface area contributed by atoms with Gasteiger partial charge in [-0.15, -0.1) is 11.8 Å². The molecule has 0 bridgehead atoms. The molecule has 0 aromatic rings. The van der Waals surface area contributed by atoms with Crippen LogP contribution in [0.5, 0.6) is 0 Å². The van der Waals surface area contributed by atoms with Gasteiger partial charge >= 0.3 is 5.97 Å². The third-order valence-electron chi connectivity index (χ3n) is 2.39. The average Bonchev–Trinajstić information content (AvgIpc) is 1.99. The lowest BCUT2D eigenvalue weighted by atomic mass is 9.98. The Hall–Kier alpha value is -0.220. The molecule has 1 saturated heterocycles. The Kier molecular flexibility index (Phi) is 3.62. The molecule has 0 aromatic carbocycles. The van der Waals surface area contributed by atoms with Crippen LogP contribution in [-0.2, 0) is 4.79 Å². The molecule has 1 fully saturated rings. The zero-order valence-corrected chi connectivity index (χ0v) is 8.99. The Bertz CT molecular complexity index is 192. The number of carboxylic acids is 1. The quantitative estimate of drug-likeness (QED) is 0.708. The second-order valence-corrected chi connectivity index (χ2v) is 5.60. The summed E-state index contributed by atoms with van der Waals surface area (Å²) in [4.78, 5) is 10.6. The first-order valence-corrected chi connectivity index (χ1v) is 5.56. The van der Waals surface area contributed by atoms with E-state index in [0.29, 0.717) is 5.25 Å². The fraction of sp³-hybridized carbons (Fsp3) is 0.889. The van der Waals surface area contributed by atoms with Crippen molar-refractivity contribution in [2.24, 2.45) is 0 Å². The van der Waals surface area contributed by atoms with Gasteiger partial charge in [-0.1, -0.05) is 13.8 Å². The van der Waals surface area contributed by atoms with Crippen LogP contribution >= 0.6 is 11.8 Å². The molecule has 76 valence electrons. The summed E-state index contributed by atoms with van der Waals surface area (Å²) < 4.78 is -0.0265. The van der Waals surface area contributed by atoms with Crippen LogP contribution in [0.4, 0.5) is 0 Å². The van der Waals surface area contributed by atoms with Crippen LogP contribution in [0, 0.1) is 0 Å². The van der Waals surface area contributed by atoms with Gasteiger partial charge in [0.2, 0.25) is 0 Å². The molecular weight excluding hydrogens is 186 g/mol. The van der Waals surface area contributed by atoms with Gasteiger partial charge in [0.05, 0.1) is 11.2 Å². The number of rotatable bonds is 5. The van der Waals surface area contributed by atoms with Crippen molar-refractivity contribution >= 4 is 17.7 Å². The van der Waals surface area contributed by atoms with Crippen molar-refractivity contribution in [3.63, 3.8) is 0 Å². The lowest BCUT2D eigenvalue weighted by Crippen LogP contribution is -2.58. The van der Waals surface area contributed by atoms with Crippen LogP contribution in [0.25, 0.3) is 0 Å². The molecular formula is C9H17NO2S. The number of carboxylic acid groups (broad SMARTS) is 1. The van der Waals surface area contributed by atoms with E-state index in [0.717, 1.165) is 19.5 Å². The Labute approximate surface area is 83.3 Å². The highest BCUT2D eigenvalue weighted by atomic mass is 32.2. The zero-order chi connectivity index (χ0) is 9.90. The molecule has 4 heteroatoms. The number of hydrogen-bond donors (Lipinski definition) is 2. The van der Waals surface area contributed by atoms with Gasteiger partial charge in [0.15, 0.2) is 0 Å². The summed E-state index contributed by atoms with van der Waals surface area (Å²) in [5, 5.41) is 12.5. The normalized spacial score (nSPS) is 22.0. The number of carbonyl (C=O) groups is 1. The molecule has 1 unspecified atom stereocenters. The largest absolute Gasteiger partial charge is 0.481 e. The summed E-state index contributed by atoms with van der Waals surface area (Å²) in [7, 11) is 0. The monoisotopic (exact) mass is 203 g/mol. The molecule has 0 saturated carbocycles. The second-order valence-electron chi connectivity index (χ2n) is 3.69. The third kappa shape index (κ3) is 2.88. The summed E-state index contributed by atoms with van der Waals surface area (Å²) >= 11 is 1.82. The van der Waals surface area contributed by atoms with E-state index in [1.807, 2.05) is 11.8 Å². The van der Waals surface area contributed by atoms with Gasteiger partial charge in [0, 0.05) is 18.3 Å². The number of thioether (sulfide) groups is 1. The van der Waals surface area contributed by atoms with E-state index in [-0.39, 0.29) is 11.2 Å². The maximum Gasteiger partial charge on any atom is 0.304 e. The molecule has 0 spiro atoms. The van der Waals surface area contributed by atoms with Crippen LogP contribution < -0.4 is 5.32 Å². The van der Waals surface area contributed by atoms with Crippen molar-refractivity contribution < 1.29 is 9.90 Å². The highest BCUT2D eigenvalue weighted by Crippen LogP contribution is 2.37. The maximum atomic E-state index is 10.6. The van der Waals surface area contributed by atoms with E-state index < -0.39 is 5.97 Å². The van der Waals surface area contributed by atoms with Crippen LogP contribution in [0.3, 0.4) is 0 Å². The molecule has 1 aliphatic rings. The van der Waals surface area contributed by atoms with Gasteiger partial charge in [0.25, 0.3) is 0 Å². The fourth-order valence-corrected chi connectivity index (χ4v) is 3.04. The molecule has 0 radical (unpaired) electrons. The summed E-state index contributed by atoms with van der Waals surface area (Å²) in [5.41, 5.74) is 0. The predicted octanol–water partition coefficient (Wildman–Crippen LogP) is 1.33. The van der Waals surface area contributed by atoms with E-state index in [2.05, 4.69) is 19.2 Å². The first-order chi connectivity index (χ1) is 6.08. The van der Waals surface area contributed by atoms with Crippen molar-refractivity contribution in [2.45, 2.75) is 36.7 Å². The van der Waals surface area contributed by atoms with Crippen molar-refractivity contribution in [3.05, 3.63) is 0 Å². The molecule has 1 aliphatic heterocycles. The fourth-order valence-electron chi connectivity index (χ4n) is 1.44. The minimum atomic E-state index is -0.683. The number of nitrogens with one attached hydrogen (secondary N) is 1. The van der Waals surface area contributed by atoms with E-state index in [9.17, 15) is 4.79 Å². The number of hydrogen-bond acceptors (Lipinski definition) is 3. The van der Waals surface area contributed by atoms with Crippen LogP contribution in [0.15, 0.2) is 0 Å². The minimum absolute atomic E-state index is 0.0265. The maximum absolute atomic E-state index is 10.6. The SMILES string of the molecule is CCC(C)SC1(CC(=O)O)CNC1. The highest BCUT2D eigenvalue weighted by Gasteiger charge is 2.40. The second kappa shape index (κ2) is 4.33. The van der Waals surface area contributed by atoms with Crippen LogP contribution in [0.2, 0.25) is 0 Å². The smallest absolute Gasteiger partial charge is 0.304 e. The summed E-state index contributed by atoms with van der Waals surface area (Å²) in [5.74, 6) is -0.683. The standard InChI is InChI=1S/C9H17NO2S/c1-3-7(2)13-9(4-8(11)12)5-10-6-9/h7,10H,3-6H2,1-2H3,(H,11,12). The molecule has 0 aromatic heterocycles. The van der Waals surface area contributed by atoms with E-state index >= 15 is 0 Å². The molecule has 1 heterocycles. The highest BCUT2D eigenvalue weighted by molar-refractivity contribution is 8.01. The summed E-state index contributed by atoms with van der Waals surface area (Å²) in [6, 6.07) is 0. The molecule has 0 aliphatic carbocycles. The van der Waals surface area contributed by atoms with E-state index in [4.69, 9.17) is 5.11 Å². The Morgan fingerprint density at radius 3 is 2.62 bits per heavy atom. The first kappa shape index (κ1) is 10.9. The first-order valence-electron chi connectivity index (χ1n) is 4.68. The van der Waals surface area contributed by atoms with E-state index in [1.165, 1.54) is 0 Å². The topological polar surface area (TPSA) is 49.3 Å². The molecule has 13 heavy (non-hydrogen) atoms. The van der Waals surface area contributed by atoms with Gasteiger partial charge in [-0.2, -0.15) is 0 Å². The lowest BCUT2D eigenvalue weighted by molar-refractivity contribution is -0.138. The Balaban J connectivity index is 2.44.